The molecular formula is C36H30Cl4N4O6S. The average molecular weight is 789 g/mol. The highest BCUT2D eigenvalue weighted by Crippen LogP contribution is 2.44. The van der Waals surface area contributed by atoms with Crippen molar-refractivity contribution in [3.05, 3.63) is 116 Å². The van der Waals surface area contributed by atoms with Gasteiger partial charge in [-0.25, -0.2) is 0 Å². The van der Waals surface area contributed by atoms with Crippen LogP contribution in [0.25, 0.3) is 12.2 Å². The van der Waals surface area contributed by atoms with Crippen LogP contribution in [0.2, 0.25) is 20.1 Å². The largest absolute Gasteiger partial charge is 0.459 e. The van der Waals surface area contributed by atoms with Crippen molar-refractivity contribution in [1.82, 2.24) is 19.6 Å². The molecule has 4 heterocycles. The normalized spacial score (nSPS) is 15.3. The first kappa shape index (κ1) is 36.7. The second-order valence-corrected chi connectivity index (χ2v) is 14.1. The van der Waals surface area contributed by atoms with Crippen molar-refractivity contribution < 1.29 is 28.0 Å². The van der Waals surface area contributed by atoms with Gasteiger partial charge in [0.2, 0.25) is 11.8 Å². The molecule has 0 unspecified atom stereocenters. The van der Waals surface area contributed by atoms with Gasteiger partial charge >= 0.3 is 0 Å². The highest BCUT2D eigenvalue weighted by Gasteiger charge is 2.27. The number of piperazine rings is 2. The molecule has 51 heavy (non-hydrogen) atoms. The number of nitrogens with zero attached hydrogens (tertiary/aromatic N) is 4. The van der Waals surface area contributed by atoms with Crippen LogP contribution >= 0.6 is 58.2 Å². The van der Waals surface area contributed by atoms with Crippen molar-refractivity contribution >= 4 is 93.9 Å². The molecule has 0 saturated carbocycles. The first-order valence-electron chi connectivity index (χ1n) is 15.8. The minimum absolute atomic E-state index is 0.200. The monoisotopic (exact) mass is 786 g/mol. The number of benzene rings is 2. The quantitative estimate of drug-likeness (QED) is 0.169. The lowest BCUT2D eigenvalue weighted by atomic mass is 10.2. The Morgan fingerprint density at radius 2 is 0.902 bits per heavy atom. The van der Waals surface area contributed by atoms with Gasteiger partial charge in [-0.1, -0.05) is 70.3 Å². The van der Waals surface area contributed by atoms with Gasteiger partial charge in [0, 0.05) is 74.3 Å². The standard InChI is InChI=1S/C36H30Cl4N4O6S/c37-31-23(7-11-29(45)41-13-17-43(18-14-41)35(47)25-3-1-21-49-25)5-9-27(33(31)39)51-28-10-6-24(32(38)34(28)40)8-12-30(46)42-15-19-44(20-16-42)36(48)26-4-2-22-50-26/h1-12,21-22H,13-20H2. The topological polar surface area (TPSA) is 108 Å². The predicted molar refractivity (Wildman–Crippen MR) is 197 cm³/mol. The molecule has 6 rings (SSSR count). The van der Waals surface area contributed by atoms with Crippen LogP contribution in [0.15, 0.2) is 91.8 Å². The molecule has 4 amide bonds. The molecule has 264 valence electrons. The van der Waals surface area contributed by atoms with E-state index in [4.69, 9.17) is 55.2 Å². The summed E-state index contributed by atoms with van der Waals surface area (Å²) in [5.41, 5.74) is 1.12. The molecule has 2 aliphatic heterocycles. The molecule has 2 aromatic carbocycles. The molecular weight excluding hydrogens is 758 g/mol. The molecule has 10 nitrogen and oxygen atoms in total. The zero-order valence-electron chi connectivity index (χ0n) is 26.9. The third-order valence-electron chi connectivity index (χ3n) is 8.41. The fourth-order valence-corrected chi connectivity index (χ4v) is 7.57. The van der Waals surface area contributed by atoms with Gasteiger partial charge in [-0.15, -0.1) is 0 Å². The van der Waals surface area contributed by atoms with E-state index in [-0.39, 0.29) is 55.2 Å². The first-order valence-corrected chi connectivity index (χ1v) is 18.2. The van der Waals surface area contributed by atoms with Gasteiger partial charge in [0.05, 0.1) is 32.6 Å². The SMILES string of the molecule is O=C(C=Cc1ccc(Sc2ccc(C=CC(=O)N3CCN(C(=O)c4ccco4)CC3)c(Cl)c2Cl)c(Cl)c1Cl)N1CCN(C(=O)c2ccco2)CC1. The van der Waals surface area contributed by atoms with E-state index >= 15 is 0 Å². The van der Waals surface area contributed by atoms with Crippen LogP contribution in [-0.4, -0.2) is 95.6 Å². The van der Waals surface area contributed by atoms with Gasteiger partial charge in [-0.2, -0.15) is 0 Å². The molecule has 0 atom stereocenters. The number of furan rings is 2. The van der Waals surface area contributed by atoms with E-state index in [1.807, 2.05) is 0 Å². The van der Waals surface area contributed by atoms with Crippen molar-refractivity contribution in [2.75, 3.05) is 52.4 Å². The summed E-state index contributed by atoms with van der Waals surface area (Å²) in [6.07, 6.45) is 9.00. The summed E-state index contributed by atoms with van der Waals surface area (Å²) in [5, 5.41) is 1.11. The van der Waals surface area contributed by atoms with Crippen LogP contribution in [0.5, 0.6) is 0 Å². The minimum Gasteiger partial charge on any atom is -0.459 e. The Kier molecular flexibility index (Phi) is 11.8. The maximum atomic E-state index is 12.9. The highest BCUT2D eigenvalue weighted by atomic mass is 35.5. The van der Waals surface area contributed by atoms with Crippen LogP contribution in [0.3, 0.4) is 0 Å². The second kappa shape index (κ2) is 16.5. The van der Waals surface area contributed by atoms with Gasteiger partial charge in [0.1, 0.15) is 0 Å². The minimum atomic E-state index is -0.205. The summed E-state index contributed by atoms with van der Waals surface area (Å²) in [5.74, 6) is -0.262. The summed E-state index contributed by atoms with van der Waals surface area (Å²) < 4.78 is 10.4. The average Bonchev–Trinajstić information content (AvgIpc) is 3.90. The Morgan fingerprint density at radius 1 is 0.529 bits per heavy atom. The van der Waals surface area contributed by atoms with Crippen LogP contribution in [0, 0.1) is 0 Å². The first-order chi connectivity index (χ1) is 24.6. The predicted octanol–water partition coefficient (Wildman–Crippen LogP) is 7.63. The zero-order chi connectivity index (χ0) is 36.1. The molecule has 2 aromatic heterocycles. The van der Waals surface area contributed by atoms with Crippen molar-refractivity contribution in [2.45, 2.75) is 9.79 Å². The second-order valence-electron chi connectivity index (χ2n) is 11.5. The fourth-order valence-electron chi connectivity index (χ4n) is 5.53. The lowest BCUT2D eigenvalue weighted by molar-refractivity contribution is -0.128. The van der Waals surface area contributed by atoms with E-state index in [1.165, 1.54) is 36.4 Å². The number of halogens is 4. The van der Waals surface area contributed by atoms with Gasteiger partial charge < -0.3 is 28.4 Å². The molecule has 0 radical (unpaired) electrons. The van der Waals surface area contributed by atoms with E-state index in [9.17, 15) is 19.2 Å². The summed E-state index contributed by atoms with van der Waals surface area (Å²) >= 11 is 27.8. The number of rotatable bonds is 8. The summed E-state index contributed by atoms with van der Waals surface area (Å²) in [6, 6.07) is 13.6. The number of carbonyl (C=O) groups excluding carboxylic acids is 4. The van der Waals surface area contributed by atoms with Crippen molar-refractivity contribution in [2.24, 2.45) is 0 Å². The van der Waals surface area contributed by atoms with Crippen LogP contribution in [-0.2, 0) is 9.59 Å². The van der Waals surface area contributed by atoms with E-state index in [0.717, 1.165) is 0 Å². The summed E-state index contributed by atoms with van der Waals surface area (Å²) in [6.45, 7) is 3.16. The van der Waals surface area contributed by atoms with E-state index in [2.05, 4.69) is 0 Å². The van der Waals surface area contributed by atoms with Gasteiger partial charge in [-0.3, -0.25) is 19.2 Å². The zero-order valence-corrected chi connectivity index (χ0v) is 30.7. The molecule has 0 N–H and O–H groups in total. The van der Waals surface area contributed by atoms with Crippen molar-refractivity contribution in [3.63, 3.8) is 0 Å². The maximum Gasteiger partial charge on any atom is 0.289 e. The van der Waals surface area contributed by atoms with Crippen molar-refractivity contribution in [1.29, 1.82) is 0 Å². The molecule has 0 bridgehead atoms. The van der Waals surface area contributed by atoms with Gasteiger partial charge in [0.15, 0.2) is 11.5 Å². The Labute approximate surface area is 318 Å². The number of hydrogen-bond donors (Lipinski definition) is 0. The molecule has 2 saturated heterocycles. The molecule has 2 aliphatic rings. The summed E-state index contributed by atoms with van der Waals surface area (Å²) in [4.78, 5) is 58.7. The van der Waals surface area contributed by atoms with Crippen LogP contribution < -0.4 is 0 Å². The fraction of sp³-hybridized carbons (Fsp3) is 0.222. The third-order valence-corrected chi connectivity index (χ3v) is 11.5. The lowest BCUT2D eigenvalue weighted by Gasteiger charge is -2.33. The number of carbonyl (C=O) groups is 4. The third kappa shape index (κ3) is 8.51. The Bertz CT molecular complexity index is 1840. The van der Waals surface area contributed by atoms with Gasteiger partial charge in [0.25, 0.3) is 11.8 Å². The molecule has 0 aliphatic carbocycles. The molecule has 4 aromatic rings. The van der Waals surface area contributed by atoms with Crippen LogP contribution in [0.1, 0.15) is 32.2 Å². The number of hydrogen-bond acceptors (Lipinski definition) is 7. The summed E-state index contributed by atoms with van der Waals surface area (Å²) in [7, 11) is 0. The maximum absolute atomic E-state index is 12.9. The molecule has 2 fully saturated rings. The van der Waals surface area contributed by atoms with Crippen molar-refractivity contribution in [3.8, 4) is 0 Å². The lowest BCUT2D eigenvalue weighted by Crippen LogP contribution is -2.50. The number of amides is 4. The smallest absolute Gasteiger partial charge is 0.289 e. The molecule has 0 spiro atoms. The highest BCUT2D eigenvalue weighted by molar-refractivity contribution is 7.99. The Hall–Kier alpha value is -4.13. The Balaban J connectivity index is 1.03. The van der Waals surface area contributed by atoms with E-state index in [0.29, 0.717) is 73.3 Å². The Morgan fingerprint density at radius 3 is 1.25 bits per heavy atom. The van der Waals surface area contributed by atoms with Crippen LogP contribution in [0.4, 0.5) is 0 Å². The molecule has 15 heteroatoms. The van der Waals surface area contributed by atoms with E-state index < -0.39 is 0 Å². The van der Waals surface area contributed by atoms with Gasteiger partial charge in [-0.05, 0) is 59.7 Å². The van der Waals surface area contributed by atoms with E-state index in [1.54, 1.807) is 80.3 Å².